The molecule has 2 aliphatic heterocycles. The van der Waals surface area contributed by atoms with Crippen LogP contribution in [0.2, 0.25) is 0 Å². The van der Waals surface area contributed by atoms with E-state index in [1.54, 1.807) is 7.11 Å². The fourth-order valence-corrected chi connectivity index (χ4v) is 3.86. The summed E-state index contributed by atoms with van der Waals surface area (Å²) in [5, 5.41) is 0. The average molecular weight is 375 g/mol. The van der Waals surface area contributed by atoms with Crippen molar-refractivity contribution in [3.8, 4) is 11.5 Å². The second-order valence-electron chi connectivity index (χ2n) is 7.33. The predicted octanol–water partition coefficient (Wildman–Crippen LogP) is 1.26. The zero-order chi connectivity index (χ0) is 19.2. The number of piperidine rings is 2. The number of benzene rings is 1. The van der Waals surface area contributed by atoms with Crippen molar-refractivity contribution >= 4 is 11.8 Å². The lowest BCUT2D eigenvalue weighted by Gasteiger charge is -2.37. The van der Waals surface area contributed by atoms with Crippen LogP contribution in [0.3, 0.4) is 0 Å². The Hall–Kier alpha value is -2.28. The van der Waals surface area contributed by atoms with Crippen molar-refractivity contribution in [3.63, 3.8) is 0 Å². The normalized spacial score (nSPS) is 19.7. The number of amides is 2. The van der Waals surface area contributed by atoms with Gasteiger partial charge in [0.1, 0.15) is 17.6 Å². The van der Waals surface area contributed by atoms with Crippen LogP contribution in [0.1, 0.15) is 25.7 Å². The molecule has 7 heteroatoms. The van der Waals surface area contributed by atoms with Gasteiger partial charge >= 0.3 is 0 Å². The summed E-state index contributed by atoms with van der Waals surface area (Å²) in [6.45, 7) is 3.28. The first-order valence-electron chi connectivity index (χ1n) is 9.65. The third-order valence-corrected chi connectivity index (χ3v) is 5.43. The standard InChI is InChI=1S/C20H29N3O4/c1-26-16-2-4-17(5-3-16)27-18-8-12-23(13-9-18)20(25)15-6-10-22(11-7-15)14-19(21)24/h2-5,15,18H,6-14H2,1H3,(H2,21,24). The molecule has 0 unspecified atom stereocenters. The van der Waals surface area contributed by atoms with Gasteiger partial charge in [0.2, 0.25) is 11.8 Å². The minimum atomic E-state index is -0.307. The van der Waals surface area contributed by atoms with Crippen LogP contribution in [0.15, 0.2) is 24.3 Å². The Morgan fingerprint density at radius 2 is 1.59 bits per heavy atom. The predicted molar refractivity (Wildman–Crippen MR) is 102 cm³/mol. The Morgan fingerprint density at radius 1 is 1.00 bits per heavy atom. The van der Waals surface area contributed by atoms with Gasteiger partial charge < -0.3 is 20.1 Å². The third-order valence-electron chi connectivity index (χ3n) is 5.43. The highest BCUT2D eigenvalue weighted by Crippen LogP contribution is 2.24. The molecule has 0 saturated carbocycles. The van der Waals surface area contributed by atoms with Crippen LogP contribution in [0, 0.1) is 5.92 Å². The molecular formula is C20H29N3O4. The summed E-state index contributed by atoms with van der Waals surface area (Å²) < 4.78 is 11.2. The summed E-state index contributed by atoms with van der Waals surface area (Å²) in [6.07, 6.45) is 3.43. The first kappa shape index (κ1) is 19.5. The monoisotopic (exact) mass is 375 g/mol. The number of carbonyl (C=O) groups is 2. The molecule has 0 atom stereocenters. The summed E-state index contributed by atoms with van der Waals surface area (Å²) >= 11 is 0. The van der Waals surface area contributed by atoms with Crippen molar-refractivity contribution < 1.29 is 19.1 Å². The van der Waals surface area contributed by atoms with Crippen molar-refractivity contribution in [2.45, 2.75) is 31.8 Å². The molecule has 2 N–H and O–H groups in total. The highest BCUT2D eigenvalue weighted by atomic mass is 16.5. The van der Waals surface area contributed by atoms with Gasteiger partial charge in [0, 0.05) is 31.8 Å². The van der Waals surface area contributed by atoms with E-state index in [9.17, 15) is 9.59 Å². The zero-order valence-electron chi connectivity index (χ0n) is 15.9. The quantitative estimate of drug-likeness (QED) is 0.809. The van der Waals surface area contributed by atoms with Gasteiger partial charge in [-0.05, 0) is 50.2 Å². The number of likely N-dealkylation sites (tertiary alicyclic amines) is 2. The van der Waals surface area contributed by atoms with E-state index >= 15 is 0 Å². The Bertz CT molecular complexity index is 633. The Kier molecular flexibility index (Phi) is 6.55. The molecule has 148 valence electrons. The number of nitrogens with zero attached hydrogens (tertiary/aromatic N) is 2. The van der Waals surface area contributed by atoms with E-state index in [1.165, 1.54) is 0 Å². The Labute approximate surface area is 160 Å². The van der Waals surface area contributed by atoms with Crippen LogP contribution >= 0.6 is 0 Å². The minimum absolute atomic E-state index is 0.0631. The zero-order valence-corrected chi connectivity index (χ0v) is 15.9. The van der Waals surface area contributed by atoms with E-state index in [0.717, 1.165) is 63.4 Å². The fourth-order valence-electron chi connectivity index (χ4n) is 3.86. The molecule has 2 aliphatic rings. The van der Waals surface area contributed by atoms with Crippen LogP contribution in [-0.4, -0.2) is 67.6 Å². The van der Waals surface area contributed by atoms with Gasteiger partial charge in [-0.15, -0.1) is 0 Å². The average Bonchev–Trinajstić information content (AvgIpc) is 2.69. The van der Waals surface area contributed by atoms with E-state index in [1.807, 2.05) is 34.1 Å². The molecule has 3 rings (SSSR count). The molecule has 0 aromatic heterocycles. The molecule has 2 heterocycles. The maximum Gasteiger partial charge on any atom is 0.231 e. The number of nitrogens with two attached hydrogens (primary N) is 1. The minimum Gasteiger partial charge on any atom is -0.497 e. The first-order chi connectivity index (χ1) is 13.0. The van der Waals surface area contributed by atoms with Crippen LogP contribution in [-0.2, 0) is 9.59 Å². The van der Waals surface area contributed by atoms with Crippen molar-refractivity contribution in [2.24, 2.45) is 11.7 Å². The van der Waals surface area contributed by atoms with Gasteiger partial charge in [0.15, 0.2) is 0 Å². The lowest BCUT2D eigenvalue weighted by molar-refractivity contribution is -0.139. The van der Waals surface area contributed by atoms with E-state index in [0.29, 0.717) is 0 Å². The van der Waals surface area contributed by atoms with Gasteiger partial charge in [-0.1, -0.05) is 0 Å². The van der Waals surface area contributed by atoms with Crippen molar-refractivity contribution in [1.29, 1.82) is 0 Å². The smallest absolute Gasteiger partial charge is 0.231 e. The molecule has 2 amide bonds. The highest BCUT2D eigenvalue weighted by molar-refractivity contribution is 5.79. The summed E-state index contributed by atoms with van der Waals surface area (Å²) in [5.74, 6) is 1.65. The van der Waals surface area contributed by atoms with E-state index in [4.69, 9.17) is 15.2 Å². The molecule has 0 radical (unpaired) electrons. The molecule has 1 aromatic rings. The Balaban J connectivity index is 1.42. The number of rotatable bonds is 6. The van der Waals surface area contributed by atoms with Crippen LogP contribution in [0.25, 0.3) is 0 Å². The summed E-state index contributed by atoms with van der Waals surface area (Å²) in [5.41, 5.74) is 5.24. The molecule has 2 fully saturated rings. The summed E-state index contributed by atoms with van der Waals surface area (Å²) in [6, 6.07) is 7.60. The number of methoxy groups -OCH3 is 1. The SMILES string of the molecule is COc1ccc(OC2CCN(C(=O)C3CCN(CC(N)=O)CC3)CC2)cc1. The maximum absolute atomic E-state index is 12.8. The molecule has 0 aliphatic carbocycles. The second-order valence-corrected chi connectivity index (χ2v) is 7.33. The van der Waals surface area contributed by atoms with Gasteiger partial charge in [-0.3, -0.25) is 14.5 Å². The van der Waals surface area contributed by atoms with E-state index in [-0.39, 0.29) is 30.4 Å². The second kappa shape index (κ2) is 9.08. The molecule has 27 heavy (non-hydrogen) atoms. The lowest BCUT2D eigenvalue weighted by atomic mass is 9.94. The lowest BCUT2D eigenvalue weighted by Crippen LogP contribution is -2.47. The van der Waals surface area contributed by atoms with Crippen LogP contribution in [0.5, 0.6) is 11.5 Å². The third kappa shape index (κ3) is 5.35. The molecule has 2 saturated heterocycles. The number of carbonyl (C=O) groups excluding carboxylic acids is 2. The summed E-state index contributed by atoms with van der Waals surface area (Å²) in [4.78, 5) is 27.8. The molecule has 0 bridgehead atoms. The molecular weight excluding hydrogens is 346 g/mol. The van der Waals surface area contributed by atoms with Crippen LogP contribution < -0.4 is 15.2 Å². The van der Waals surface area contributed by atoms with Gasteiger partial charge in [0.05, 0.1) is 13.7 Å². The number of primary amides is 1. The van der Waals surface area contributed by atoms with Crippen molar-refractivity contribution in [3.05, 3.63) is 24.3 Å². The Morgan fingerprint density at radius 3 is 2.15 bits per heavy atom. The topological polar surface area (TPSA) is 85.1 Å². The van der Waals surface area contributed by atoms with Crippen molar-refractivity contribution in [1.82, 2.24) is 9.80 Å². The largest absolute Gasteiger partial charge is 0.497 e. The van der Waals surface area contributed by atoms with Gasteiger partial charge in [-0.25, -0.2) is 0 Å². The molecule has 1 aromatic carbocycles. The van der Waals surface area contributed by atoms with E-state index < -0.39 is 0 Å². The van der Waals surface area contributed by atoms with Crippen LogP contribution in [0.4, 0.5) is 0 Å². The molecule has 7 nitrogen and oxygen atoms in total. The molecule has 0 spiro atoms. The first-order valence-corrected chi connectivity index (χ1v) is 9.65. The number of hydrogen-bond donors (Lipinski definition) is 1. The van der Waals surface area contributed by atoms with Gasteiger partial charge in [-0.2, -0.15) is 0 Å². The summed E-state index contributed by atoms with van der Waals surface area (Å²) in [7, 11) is 1.64. The number of ether oxygens (including phenoxy) is 2. The highest BCUT2D eigenvalue weighted by Gasteiger charge is 2.31. The van der Waals surface area contributed by atoms with Gasteiger partial charge in [0.25, 0.3) is 0 Å². The fraction of sp³-hybridized carbons (Fsp3) is 0.600. The van der Waals surface area contributed by atoms with E-state index in [2.05, 4.69) is 0 Å². The number of hydrogen-bond acceptors (Lipinski definition) is 5. The maximum atomic E-state index is 12.8. The van der Waals surface area contributed by atoms with Crippen molar-refractivity contribution in [2.75, 3.05) is 39.8 Å².